The first-order valence-corrected chi connectivity index (χ1v) is 8.14. The highest BCUT2D eigenvalue weighted by Gasteiger charge is 1.94. The Balaban J connectivity index is 2.01. The van der Waals surface area contributed by atoms with Crippen LogP contribution >= 0.6 is 0 Å². The minimum atomic E-state index is 0.776. The molecule has 0 aromatic heterocycles. The zero-order valence-electron chi connectivity index (χ0n) is 13.2. The van der Waals surface area contributed by atoms with Gasteiger partial charge in [0.1, 0.15) is 0 Å². The van der Waals surface area contributed by atoms with Crippen LogP contribution in [-0.2, 0) is 11.2 Å². The number of rotatable bonds is 11. The third kappa shape index (κ3) is 8.79. The van der Waals surface area contributed by atoms with E-state index in [-0.39, 0.29) is 0 Å². The minimum absolute atomic E-state index is 0.776. The van der Waals surface area contributed by atoms with E-state index in [4.69, 9.17) is 4.74 Å². The number of hydrogen-bond donors (Lipinski definition) is 0. The molecule has 1 heteroatoms. The van der Waals surface area contributed by atoms with Crippen molar-refractivity contribution < 1.29 is 4.74 Å². The highest BCUT2D eigenvalue weighted by molar-refractivity contribution is 5.14. The van der Waals surface area contributed by atoms with Gasteiger partial charge in [-0.05, 0) is 30.9 Å². The van der Waals surface area contributed by atoms with Gasteiger partial charge < -0.3 is 4.74 Å². The minimum Gasteiger partial charge on any atom is -0.501 e. The highest BCUT2D eigenvalue weighted by Crippen LogP contribution is 2.11. The summed E-state index contributed by atoms with van der Waals surface area (Å²) in [6, 6.07) is 10.5. The zero-order valence-corrected chi connectivity index (χ0v) is 13.2. The van der Waals surface area contributed by atoms with E-state index in [0.29, 0.717) is 0 Å². The summed E-state index contributed by atoms with van der Waals surface area (Å²) in [5.41, 5.74) is 2.71. The molecule has 1 nitrogen and oxygen atoms in total. The SMILES string of the molecule is CCCCCCCCC(C)=COCCc1ccccc1. The van der Waals surface area contributed by atoms with Gasteiger partial charge in [-0.25, -0.2) is 0 Å². The summed E-state index contributed by atoms with van der Waals surface area (Å²) in [7, 11) is 0. The summed E-state index contributed by atoms with van der Waals surface area (Å²) in [5.74, 6) is 0. The molecule has 0 saturated heterocycles. The number of hydrogen-bond acceptors (Lipinski definition) is 1. The molecule has 1 rings (SSSR count). The molecule has 0 radical (unpaired) electrons. The zero-order chi connectivity index (χ0) is 14.5. The Morgan fingerprint density at radius 1 is 1.00 bits per heavy atom. The Morgan fingerprint density at radius 2 is 1.70 bits per heavy atom. The predicted octanol–water partition coefficient (Wildman–Crippen LogP) is 5.90. The second-order valence-electron chi connectivity index (χ2n) is 5.59. The van der Waals surface area contributed by atoms with E-state index >= 15 is 0 Å². The second kappa shape index (κ2) is 11.6. The first-order chi connectivity index (χ1) is 9.83. The molecule has 0 aliphatic rings. The molecule has 112 valence electrons. The largest absolute Gasteiger partial charge is 0.501 e. The van der Waals surface area contributed by atoms with E-state index in [1.54, 1.807) is 0 Å². The molecule has 1 aromatic carbocycles. The summed E-state index contributed by atoms with van der Waals surface area (Å²) in [5, 5.41) is 0. The standard InChI is InChI=1S/C19H30O/c1-3-4-5-6-7-9-12-18(2)17-20-16-15-19-13-10-8-11-14-19/h8,10-11,13-14,17H,3-7,9,12,15-16H2,1-2H3. The van der Waals surface area contributed by atoms with Gasteiger partial charge in [0.25, 0.3) is 0 Å². The van der Waals surface area contributed by atoms with Crippen molar-refractivity contribution in [3.8, 4) is 0 Å². The van der Waals surface area contributed by atoms with E-state index < -0.39 is 0 Å². The van der Waals surface area contributed by atoms with Gasteiger partial charge in [-0.15, -0.1) is 0 Å². The van der Waals surface area contributed by atoms with Gasteiger partial charge in [0.15, 0.2) is 0 Å². The van der Waals surface area contributed by atoms with Crippen LogP contribution in [0, 0.1) is 0 Å². The van der Waals surface area contributed by atoms with Crippen molar-refractivity contribution in [2.75, 3.05) is 6.61 Å². The topological polar surface area (TPSA) is 9.23 Å². The lowest BCUT2D eigenvalue weighted by Gasteiger charge is -2.05. The van der Waals surface area contributed by atoms with E-state index in [2.05, 4.69) is 44.2 Å². The lowest BCUT2D eigenvalue weighted by atomic mass is 10.1. The molecule has 0 atom stereocenters. The van der Waals surface area contributed by atoms with Crippen molar-refractivity contribution in [1.82, 2.24) is 0 Å². The summed E-state index contributed by atoms with van der Waals surface area (Å²) in [6.45, 7) is 5.21. The Hall–Kier alpha value is -1.24. The summed E-state index contributed by atoms with van der Waals surface area (Å²) < 4.78 is 5.63. The van der Waals surface area contributed by atoms with Crippen molar-refractivity contribution in [2.45, 2.75) is 65.2 Å². The van der Waals surface area contributed by atoms with E-state index in [1.165, 1.54) is 56.1 Å². The van der Waals surface area contributed by atoms with Crippen molar-refractivity contribution in [3.05, 3.63) is 47.7 Å². The van der Waals surface area contributed by atoms with Crippen LogP contribution in [0.15, 0.2) is 42.2 Å². The maximum atomic E-state index is 5.63. The van der Waals surface area contributed by atoms with E-state index in [0.717, 1.165) is 13.0 Å². The Labute approximate surface area is 125 Å². The van der Waals surface area contributed by atoms with Crippen LogP contribution in [0.5, 0.6) is 0 Å². The smallest absolute Gasteiger partial charge is 0.0913 e. The first-order valence-electron chi connectivity index (χ1n) is 8.14. The third-order valence-electron chi connectivity index (χ3n) is 3.56. The van der Waals surface area contributed by atoms with Crippen LogP contribution < -0.4 is 0 Å². The van der Waals surface area contributed by atoms with Gasteiger partial charge >= 0.3 is 0 Å². The van der Waals surface area contributed by atoms with Crippen LogP contribution in [0.1, 0.15) is 64.4 Å². The monoisotopic (exact) mass is 274 g/mol. The molecule has 20 heavy (non-hydrogen) atoms. The van der Waals surface area contributed by atoms with Crippen molar-refractivity contribution in [1.29, 1.82) is 0 Å². The van der Waals surface area contributed by atoms with Crippen molar-refractivity contribution in [3.63, 3.8) is 0 Å². The number of ether oxygens (including phenoxy) is 1. The fourth-order valence-corrected chi connectivity index (χ4v) is 2.27. The molecule has 0 heterocycles. The average Bonchev–Trinajstić information content (AvgIpc) is 2.48. The fraction of sp³-hybridized carbons (Fsp3) is 0.579. The van der Waals surface area contributed by atoms with Gasteiger partial charge in [-0.1, -0.05) is 69.4 Å². The van der Waals surface area contributed by atoms with Crippen LogP contribution in [0.4, 0.5) is 0 Å². The molecule has 0 bridgehead atoms. The maximum absolute atomic E-state index is 5.63. The second-order valence-corrected chi connectivity index (χ2v) is 5.59. The van der Waals surface area contributed by atoms with Crippen LogP contribution in [0.3, 0.4) is 0 Å². The van der Waals surface area contributed by atoms with Gasteiger partial charge in [0.05, 0.1) is 12.9 Å². The Bertz CT molecular complexity index is 353. The lowest BCUT2D eigenvalue weighted by molar-refractivity contribution is 0.249. The predicted molar refractivity (Wildman–Crippen MR) is 87.8 cm³/mol. The van der Waals surface area contributed by atoms with Gasteiger partial charge in [-0.3, -0.25) is 0 Å². The Kier molecular flexibility index (Phi) is 9.73. The molecule has 0 spiro atoms. The molecular weight excluding hydrogens is 244 g/mol. The molecule has 0 amide bonds. The lowest BCUT2D eigenvalue weighted by Crippen LogP contribution is -1.94. The number of unbranched alkanes of at least 4 members (excludes halogenated alkanes) is 5. The molecule has 0 fully saturated rings. The van der Waals surface area contributed by atoms with Gasteiger partial charge in [0.2, 0.25) is 0 Å². The van der Waals surface area contributed by atoms with Gasteiger partial charge in [0, 0.05) is 6.42 Å². The van der Waals surface area contributed by atoms with Crippen molar-refractivity contribution >= 4 is 0 Å². The molecule has 0 unspecified atom stereocenters. The molecular formula is C19H30O. The highest BCUT2D eigenvalue weighted by atomic mass is 16.5. The molecule has 0 aliphatic carbocycles. The molecule has 0 N–H and O–H groups in total. The summed E-state index contributed by atoms with van der Waals surface area (Å²) in [4.78, 5) is 0. The average molecular weight is 274 g/mol. The third-order valence-corrected chi connectivity index (χ3v) is 3.56. The van der Waals surface area contributed by atoms with Gasteiger partial charge in [-0.2, -0.15) is 0 Å². The first kappa shape index (κ1) is 16.8. The molecule has 0 aliphatic heterocycles. The maximum Gasteiger partial charge on any atom is 0.0913 e. The fourth-order valence-electron chi connectivity index (χ4n) is 2.27. The summed E-state index contributed by atoms with van der Waals surface area (Å²) >= 11 is 0. The quantitative estimate of drug-likeness (QED) is 0.360. The number of allylic oxidation sites excluding steroid dienone is 1. The number of benzene rings is 1. The molecule has 0 saturated carbocycles. The molecule has 1 aromatic rings. The van der Waals surface area contributed by atoms with E-state index in [9.17, 15) is 0 Å². The normalized spacial score (nSPS) is 11.6. The van der Waals surface area contributed by atoms with Crippen LogP contribution in [0.2, 0.25) is 0 Å². The van der Waals surface area contributed by atoms with E-state index in [1.807, 2.05) is 6.26 Å². The summed E-state index contributed by atoms with van der Waals surface area (Å²) in [6.07, 6.45) is 12.3. The van der Waals surface area contributed by atoms with Crippen molar-refractivity contribution in [2.24, 2.45) is 0 Å². The van der Waals surface area contributed by atoms with Crippen LogP contribution in [0.25, 0.3) is 0 Å². The van der Waals surface area contributed by atoms with Crippen LogP contribution in [-0.4, -0.2) is 6.61 Å². The Morgan fingerprint density at radius 3 is 2.45 bits per heavy atom.